The van der Waals surface area contributed by atoms with Crippen LogP contribution in [0.15, 0.2) is 30.5 Å². The molecule has 2 nitrogen and oxygen atoms in total. The van der Waals surface area contributed by atoms with Crippen LogP contribution in [-0.4, -0.2) is 10.5 Å². The second-order valence-corrected chi connectivity index (χ2v) is 7.98. The predicted molar refractivity (Wildman–Crippen MR) is 87.2 cm³/mol. The molecule has 0 bridgehead atoms. The Morgan fingerprint density at radius 1 is 1.10 bits per heavy atom. The zero-order valence-corrected chi connectivity index (χ0v) is 14.1. The van der Waals surface area contributed by atoms with Crippen molar-refractivity contribution in [2.75, 3.05) is 0 Å². The highest BCUT2D eigenvalue weighted by molar-refractivity contribution is 7.11. The van der Waals surface area contributed by atoms with E-state index in [0.29, 0.717) is 0 Å². The minimum Gasteiger partial charge on any atom is -0.307 e. The maximum absolute atomic E-state index is 13.1. The summed E-state index contributed by atoms with van der Waals surface area (Å²) in [5, 5.41) is 4.53. The van der Waals surface area contributed by atoms with E-state index < -0.39 is 0 Å². The molecule has 0 atom stereocenters. The first kappa shape index (κ1) is 16.1. The summed E-state index contributed by atoms with van der Waals surface area (Å²) in [4.78, 5) is 5.79. The molecule has 0 saturated heterocycles. The fourth-order valence-electron chi connectivity index (χ4n) is 2.02. The van der Waals surface area contributed by atoms with E-state index >= 15 is 0 Å². The van der Waals surface area contributed by atoms with Crippen LogP contribution < -0.4 is 5.32 Å². The van der Waals surface area contributed by atoms with Crippen LogP contribution in [0.25, 0.3) is 0 Å². The van der Waals surface area contributed by atoms with Crippen molar-refractivity contribution in [3.05, 3.63) is 51.7 Å². The summed E-state index contributed by atoms with van der Waals surface area (Å²) >= 11 is 1.71. The van der Waals surface area contributed by atoms with Gasteiger partial charge in [-0.05, 0) is 52.3 Å². The molecular formula is C17H23FN2S. The van der Waals surface area contributed by atoms with Crippen molar-refractivity contribution in [3.8, 4) is 0 Å². The molecule has 114 valence electrons. The summed E-state index contributed by atoms with van der Waals surface area (Å²) in [7, 11) is 0. The van der Waals surface area contributed by atoms with Gasteiger partial charge in [-0.1, -0.05) is 12.1 Å². The van der Waals surface area contributed by atoms with Crippen molar-refractivity contribution < 1.29 is 4.39 Å². The van der Waals surface area contributed by atoms with Crippen molar-refractivity contribution in [2.24, 2.45) is 0 Å². The minimum atomic E-state index is -0.210. The lowest BCUT2D eigenvalue weighted by Crippen LogP contribution is -2.34. The highest BCUT2D eigenvalue weighted by Gasteiger charge is 2.26. The summed E-state index contributed by atoms with van der Waals surface area (Å²) < 4.78 is 13.1. The third-order valence-corrected chi connectivity index (χ3v) is 4.77. The Kier molecular flexibility index (Phi) is 4.49. The van der Waals surface area contributed by atoms with Crippen molar-refractivity contribution in [3.63, 3.8) is 0 Å². The summed E-state index contributed by atoms with van der Waals surface area (Å²) in [6.45, 7) is 11.5. The minimum absolute atomic E-state index is 0.0939. The van der Waals surface area contributed by atoms with Crippen LogP contribution in [0.4, 0.5) is 4.39 Å². The van der Waals surface area contributed by atoms with E-state index in [0.717, 1.165) is 17.1 Å². The molecule has 1 N–H and O–H groups in total. The molecule has 0 aliphatic carbocycles. The zero-order valence-electron chi connectivity index (χ0n) is 13.3. The quantitative estimate of drug-likeness (QED) is 0.900. The lowest BCUT2D eigenvalue weighted by atomic mass is 9.85. The molecule has 21 heavy (non-hydrogen) atoms. The normalized spacial score (nSPS) is 12.7. The molecule has 0 aliphatic rings. The van der Waals surface area contributed by atoms with Crippen LogP contribution in [0, 0.1) is 5.82 Å². The van der Waals surface area contributed by atoms with Gasteiger partial charge in [0.2, 0.25) is 0 Å². The average molecular weight is 306 g/mol. The molecule has 1 aromatic carbocycles. The molecular weight excluding hydrogens is 283 g/mol. The Hall–Kier alpha value is -1.26. The number of aromatic nitrogens is 1. The molecule has 0 radical (unpaired) electrons. The third-order valence-electron chi connectivity index (χ3n) is 3.45. The first-order chi connectivity index (χ1) is 9.68. The maximum atomic E-state index is 13.1. The van der Waals surface area contributed by atoms with Crippen LogP contribution in [0.3, 0.4) is 0 Å². The SMILES string of the molecule is CC(C)(C)NCc1cnc(C(C)(C)c2ccc(F)cc2)s1. The van der Waals surface area contributed by atoms with E-state index in [4.69, 9.17) is 0 Å². The van der Waals surface area contributed by atoms with Gasteiger partial charge in [0.05, 0.1) is 0 Å². The van der Waals surface area contributed by atoms with Gasteiger partial charge in [0.1, 0.15) is 10.8 Å². The Morgan fingerprint density at radius 3 is 2.29 bits per heavy atom. The number of benzene rings is 1. The smallest absolute Gasteiger partial charge is 0.123 e. The van der Waals surface area contributed by atoms with Crippen LogP contribution in [-0.2, 0) is 12.0 Å². The Balaban J connectivity index is 2.17. The van der Waals surface area contributed by atoms with Gasteiger partial charge >= 0.3 is 0 Å². The van der Waals surface area contributed by atoms with E-state index in [2.05, 4.69) is 44.9 Å². The molecule has 1 heterocycles. The van der Waals surface area contributed by atoms with Gasteiger partial charge in [-0.2, -0.15) is 0 Å². The molecule has 2 aromatic rings. The standard InChI is InChI=1S/C17H23FN2S/c1-16(2,3)20-11-14-10-19-15(21-14)17(4,5)12-6-8-13(18)9-7-12/h6-10,20H,11H2,1-5H3. The van der Waals surface area contributed by atoms with Crippen molar-refractivity contribution in [1.29, 1.82) is 0 Å². The zero-order chi connectivity index (χ0) is 15.7. The second-order valence-electron chi connectivity index (χ2n) is 6.87. The first-order valence-electron chi connectivity index (χ1n) is 7.15. The van der Waals surface area contributed by atoms with Crippen molar-refractivity contribution in [2.45, 2.75) is 52.1 Å². The summed E-state index contributed by atoms with van der Waals surface area (Å²) in [6.07, 6.45) is 1.93. The molecule has 2 rings (SSSR count). The van der Waals surface area contributed by atoms with Crippen molar-refractivity contribution >= 4 is 11.3 Å². The number of thiazole rings is 1. The highest BCUT2D eigenvalue weighted by atomic mass is 32.1. The number of halogens is 1. The van der Waals surface area contributed by atoms with Gasteiger partial charge in [-0.3, -0.25) is 0 Å². The van der Waals surface area contributed by atoms with Crippen LogP contribution >= 0.6 is 11.3 Å². The van der Waals surface area contributed by atoms with Gasteiger partial charge in [-0.25, -0.2) is 9.37 Å². The lowest BCUT2D eigenvalue weighted by Gasteiger charge is -2.22. The Bertz CT molecular complexity index is 594. The monoisotopic (exact) mass is 306 g/mol. The molecule has 0 spiro atoms. The summed E-state index contributed by atoms with van der Waals surface area (Å²) in [5.74, 6) is -0.205. The van der Waals surface area contributed by atoms with Crippen LogP contribution in [0.5, 0.6) is 0 Å². The Morgan fingerprint density at radius 2 is 1.71 bits per heavy atom. The number of rotatable bonds is 4. The van der Waals surface area contributed by atoms with Crippen LogP contribution in [0.2, 0.25) is 0 Å². The molecule has 0 aliphatic heterocycles. The van der Waals surface area contributed by atoms with E-state index in [-0.39, 0.29) is 16.8 Å². The molecule has 4 heteroatoms. The summed E-state index contributed by atoms with van der Waals surface area (Å²) in [5.41, 5.74) is 0.961. The van der Waals surface area contributed by atoms with E-state index in [1.54, 1.807) is 11.3 Å². The topological polar surface area (TPSA) is 24.9 Å². The third kappa shape index (κ3) is 4.11. The van der Waals surface area contributed by atoms with Gasteiger partial charge in [0.25, 0.3) is 0 Å². The molecule has 1 aromatic heterocycles. The van der Waals surface area contributed by atoms with Gasteiger partial charge < -0.3 is 5.32 Å². The molecule has 0 saturated carbocycles. The van der Waals surface area contributed by atoms with Crippen LogP contribution in [0.1, 0.15) is 50.1 Å². The van der Waals surface area contributed by atoms with E-state index in [9.17, 15) is 4.39 Å². The lowest BCUT2D eigenvalue weighted by molar-refractivity contribution is 0.426. The second kappa shape index (κ2) is 5.85. The number of nitrogens with one attached hydrogen (secondary N) is 1. The van der Waals surface area contributed by atoms with E-state index in [1.165, 1.54) is 17.0 Å². The van der Waals surface area contributed by atoms with E-state index in [1.807, 2.05) is 18.3 Å². The van der Waals surface area contributed by atoms with Gasteiger partial charge in [0, 0.05) is 28.6 Å². The Labute approximate surface area is 130 Å². The maximum Gasteiger partial charge on any atom is 0.123 e. The van der Waals surface area contributed by atoms with Gasteiger partial charge in [-0.15, -0.1) is 11.3 Å². The molecule has 0 amide bonds. The molecule has 0 fully saturated rings. The fraction of sp³-hybridized carbons (Fsp3) is 0.471. The fourth-order valence-corrected chi connectivity index (χ4v) is 3.00. The molecule has 0 unspecified atom stereocenters. The number of hydrogen-bond donors (Lipinski definition) is 1. The largest absolute Gasteiger partial charge is 0.307 e. The average Bonchev–Trinajstić information content (AvgIpc) is 2.85. The number of hydrogen-bond acceptors (Lipinski definition) is 3. The first-order valence-corrected chi connectivity index (χ1v) is 7.96. The summed E-state index contributed by atoms with van der Waals surface area (Å²) in [6, 6.07) is 6.69. The predicted octanol–water partition coefficient (Wildman–Crippen LogP) is 4.50. The number of nitrogens with zero attached hydrogens (tertiary/aromatic N) is 1. The van der Waals surface area contributed by atoms with Gasteiger partial charge in [0.15, 0.2) is 0 Å². The highest BCUT2D eigenvalue weighted by Crippen LogP contribution is 2.34. The van der Waals surface area contributed by atoms with Crippen molar-refractivity contribution in [1.82, 2.24) is 10.3 Å².